The lowest BCUT2D eigenvalue weighted by Gasteiger charge is -2.42. The minimum atomic E-state index is -0.0580. The summed E-state index contributed by atoms with van der Waals surface area (Å²) >= 11 is 0. The van der Waals surface area contributed by atoms with Gasteiger partial charge in [0.25, 0.3) is 0 Å². The lowest BCUT2D eigenvalue weighted by molar-refractivity contribution is -0.0638. The van der Waals surface area contributed by atoms with Crippen molar-refractivity contribution in [2.45, 2.75) is 18.3 Å². The fourth-order valence-corrected chi connectivity index (χ4v) is 2.21. The second-order valence-electron chi connectivity index (χ2n) is 4.53. The second kappa shape index (κ2) is 5.28. The minimum Gasteiger partial charge on any atom is -0.497 e. The van der Waals surface area contributed by atoms with Crippen LogP contribution in [0, 0.1) is 11.3 Å². The van der Waals surface area contributed by atoms with Crippen LogP contribution in [0.5, 0.6) is 11.5 Å². The third kappa shape index (κ3) is 2.27. The number of hydrogen-bond acceptors (Lipinski definition) is 4. The predicted octanol–water partition coefficient (Wildman–Crippen LogP) is 2.28. The smallest absolute Gasteiger partial charge is 0.122 e. The molecule has 0 aromatic heterocycles. The van der Waals surface area contributed by atoms with Gasteiger partial charge in [0.05, 0.1) is 33.5 Å². The minimum absolute atomic E-state index is 0.0580. The summed E-state index contributed by atoms with van der Waals surface area (Å²) in [5.74, 6) is 1.54. The Balaban J connectivity index is 2.33. The summed E-state index contributed by atoms with van der Waals surface area (Å²) in [5.41, 5.74) is 1.07. The largest absolute Gasteiger partial charge is 0.497 e. The highest BCUT2D eigenvalue weighted by molar-refractivity contribution is 5.43. The summed E-state index contributed by atoms with van der Waals surface area (Å²) in [6, 6.07) is 8.05. The normalized spacial score (nSPS) is 16.5. The summed E-state index contributed by atoms with van der Waals surface area (Å²) in [6.07, 6.45) is 1.34. The van der Waals surface area contributed by atoms with Crippen molar-refractivity contribution < 1.29 is 14.2 Å². The van der Waals surface area contributed by atoms with Crippen molar-refractivity contribution in [2.75, 3.05) is 27.4 Å². The van der Waals surface area contributed by atoms with Gasteiger partial charge in [0.1, 0.15) is 11.5 Å². The van der Waals surface area contributed by atoms with Gasteiger partial charge in [-0.25, -0.2) is 0 Å². The Kier molecular flexibility index (Phi) is 3.73. The molecule has 96 valence electrons. The lowest BCUT2D eigenvalue weighted by Crippen LogP contribution is -2.46. The molecule has 0 spiro atoms. The summed E-state index contributed by atoms with van der Waals surface area (Å²) in [5, 5.41) is 8.76. The van der Waals surface area contributed by atoms with Crippen LogP contribution in [0.2, 0.25) is 0 Å². The Morgan fingerprint density at radius 1 is 1.22 bits per heavy atom. The molecular weight excluding hydrogens is 230 g/mol. The van der Waals surface area contributed by atoms with Crippen LogP contribution in [-0.2, 0) is 10.2 Å². The maximum atomic E-state index is 8.76. The number of nitrogens with zero attached hydrogens (tertiary/aromatic N) is 1. The Bertz CT molecular complexity index is 438. The second-order valence-corrected chi connectivity index (χ2v) is 4.53. The molecule has 4 heteroatoms. The highest BCUT2D eigenvalue weighted by atomic mass is 16.5. The topological polar surface area (TPSA) is 51.5 Å². The SMILES string of the molecule is COc1cc(OC)cc(C2(CCC#N)COC2)c1. The first-order chi connectivity index (χ1) is 8.74. The van der Waals surface area contributed by atoms with Crippen molar-refractivity contribution >= 4 is 0 Å². The molecule has 0 amide bonds. The fraction of sp³-hybridized carbons (Fsp3) is 0.500. The molecule has 1 aromatic rings. The first-order valence-corrected chi connectivity index (χ1v) is 5.92. The van der Waals surface area contributed by atoms with E-state index >= 15 is 0 Å². The first kappa shape index (κ1) is 12.7. The molecule has 0 aliphatic carbocycles. The molecule has 1 fully saturated rings. The van der Waals surface area contributed by atoms with E-state index in [0.717, 1.165) is 23.5 Å². The highest BCUT2D eigenvalue weighted by Crippen LogP contribution is 2.39. The van der Waals surface area contributed by atoms with E-state index in [1.54, 1.807) is 14.2 Å². The summed E-state index contributed by atoms with van der Waals surface area (Å²) in [4.78, 5) is 0. The van der Waals surface area contributed by atoms with Gasteiger partial charge in [0.2, 0.25) is 0 Å². The van der Waals surface area contributed by atoms with E-state index < -0.39 is 0 Å². The average Bonchev–Trinajstić information content (AvgIpc) is 2.37. The number of benzene rings is 1. The molecule has 0 radical (unpaired) electrons. The van der Waals surface area contributed by atoms with Crippen LogP contribution in [0.25, 0.3) is 0 Å². The molecule has 2 rings (SSSR count). The zero-order chi connectivity index (χ0) is 13.0. The maximum Gasteiger partial charge on any atom is 0.122 e. The molecule has 1 aromatic carbocycles. The zero-order valence-electron chi connectivity index (χ0n) is 10.7. The van der Waals surface area contributed by atoms with E-state index in [4.69, 9.17) is 19.5 Å². The van der Waals surface area contributed by atoms with Crippen molar-refractivity contribution in [1.82, 2.24) is 0 Å². The molecule has 0 atom stereocenters. The summed E-state index contributed by atoms with van der Waals surface area (Å²) < 4.78 is 15.9. The quantitative estimate of drug-likeness (QED) is 0.801. The third-order valence-electron chi connectivity index (χ3n) is 3.44. The molecule has 0 unspecified atom stereocenters. The predicted molar refractivity (Wildman–Crippen MR) is 66.9 cm³/mol. The molecule has 4 nitrogen and oxygen atoms in total. The maximum absolute atomic E-state index is 8.76. The van der Waals surface area contributed by atoms with Crippen molar-refractivity contribution in [1.29, 1.82) is 5.26 Å². The van der Waals surface area contributed by atoms with Gasteiger partial charge < -0.3 is 14.2 Å². The van der Waals surface area contributed by atoms with Crippen LogP contribution >= 0.6 is 0 Å². The molecule has 1 aliphatic heterocycles. The number of hydrogen-bond donors (Lipinski definition) is 0. The van der Waals surface area contributed by atoms with Gasteiger partial charge in [-0.15, -0.1) is 0 Å². The van der Waals surface area contributed by atoms with Crippen LogP contribution < -0.4 is 9.47 Å². The fourth-order valence-electron chi connectivity index (χ4n) is 2.21. The number of ether oxygens (including phenoxy) is 3. The molecule has 1 heterocycles. The Hall–Kier alpha value is -1.73. The van der Waals surface area contributed by atoms with E-state index in [9.17, 15) is 0 Å². The van der Waals surface area contributed by atoms with Crippen molar-refractivity contribution in [3.63, 3.8) is 0 Å². The van der Waals surface area contributed by atoms with Crippen LogP contribution in [-0.4, -0.2) is 27.4 Å². The molecule has 0 saturated carbocycles. The number of rotatable bonds is 5. The molecule has 0 bridgehead atoms. The van der Waals surface area contributed by atoms with Gasteiger partial charge in [-0.2, -0.15) is 5.26 Å². The zero-order valence-corrected chi connectivity index (χ0v) is 10.7. The summed E-state index contributed by atoms with van der Waals surface area (Å²) in [6.45, 7) is 1.32. The van der Waals surface area contributed by atoms with Gasteiger partial charge in [0, 0.05) is 17.9 Å². The van der Waals surface area contributed by atoms with Crippen molar-refractivity contribution in [3.8, 4) is 17.6 Å². The molecule has 0 N–H and O–H groups in total. The molecule has 1 aliphatic rings. The van der Waals surface area contributed by atoms with Gasteiger partial charge in [-0.05, 0) is 24.1 Å². The van der Waals surface area contributed by atoms with E-state index in [0.29, 0.717) is 19.6 Å². The van der Waals surface area contributed by atoms with Crippen LogP contribution in [0.3, 0.4) is 0 Å². The highest BCUT2D eigenvalue weighted by Gasteiger charge is 2.40. The summed E-state index contributed by atoms with van der Waals surface area (Å²) in [7, 11) is 3.27. The Morgan fingerprint density at radius 3 is 2.22 bits per heavy atom. The molecule has 1 saturated heterocycles. The molecule has 18 heavy (non-hydrogen) atoms. The van der Waals surface area contributed by atoms with Gasteiger partial charge in [-0.1, -0.05) is 0 Å². The van der Waals surface area contributed by atoms with E-state index in [1.165, 1.54) is 0 Å². The van der Waals surface area contributed by atoms with Crippen LogP contribution in [0.1, 0.15) is 18.4 Å². The van der Waals surface area contributed by atoms with Crippen LogP contribution in [0.15, 0.2) is 18.2 Å². The number of nitriles is 1. The standard InChI is InChI=1S/C14H17NO3/c1-16-12-6-11(7-13(8-12)17-2)14(4-3-5-15)9-18-10-14/h6-8H,3-4,9-10H2,1-2H3. The van der Waals surface area contributed by atoms with Crippen LogP contribution in [0.4, 0.5) is 0 Å². The molecular formula is C14H17NO3. The first-order valence-electron chi connectivity index (χ1n) is 5.92. The van der Waals surface area contributed by atoms with Crippen molar-refractivity contribution in [3.05, 3.63) is 23.8 Å². The van der Waals surface area contributed by atoms with Gasteiger partial charge in [-0.3, -0.25) is 0 Å². The average molecular weight is 247 g/mol. The Labute approximate surface area is 107 Å². The number of methoxy groups -OCH3 is 2. The van der Waals surface area contributed by atoms with Crippen molar-refractivity contribution in [2.24, 2.45) is 0 Å². The van der Waals surface area contributed by atoms with Gasteiger partial charge >= 0.3 is 0 Å². The third-order valence-corrected chi connectivity index (χ3v) is 3.44. The Morgan fingerprint density at radius 2 is 1.83 bits per heavy atom. The monoisotopic (exact) mass is 247 g/mol. The van der Waals surface area contributed by atoms with E-state index in [2.05, 4.69) is 6.07 Å². The lowest BCUT2D eigenvalue weighted by atomic mass is 9.75. The van der Waals surface area contributed by atoms with E-state index in [1.807, 2.05) is 18.2 Å². The van der Waals surface area contributed by atoms with Gasteiger partial charge in [0.15, 0.2) is 0 Å². The van der Waals surface area contributed by atoms with E-state index in [-0.39, 0.29) is 5.41 Å².